The van der Waals surface area contributed by atoms with Gasteiger partial charge >= 0.3 is 5.97 Å². The van der Waals surface area contributed by atoms with Crippen molar-refractivity contribution < 1.29 is 14.7 Å². The number of nitrogens with one attached hydrogen (secondary N) is 1. The second kappa shape index (κ2) is 9.29. The van der Waals surface area contributed by atoms with Crippen molar-refractivity contribution in [3.63, 3.8) is 0 Å². The van der Waals surface area contributed by atoms with Crippen molar-refractivity contribution >= 4 is 35.2 Å². The van der Waals surface area contributed by atoms with Crippen molar-refractivity contribution in [1.29, 1.82) is 0 Å². The van der Waals surface area contributed by atoms with Crippen LogP contribution in [0, 0.1) is 0 Å². The molecule has 1 heterocycles. The Morgan fingerprint density at radius 3 is 2.75 bits per heavy atom. The van der Waals surface area contributed by atoms with Crippen molar-refractivity contribution in [2.75, 3.05) is 5.75 Å². The first-order chi connectivity index (χ1) is 11.5. The van der Waals surface area contributed by atoms with Crippen LogP contribution < -0.4 is 5.32 Å². The standard InChI is InChI=1S/C15H17ClN4O3S/c16-11-3-5-13(6-4-11)24-7-1-2-14(21)17-8-12-9-20(19-18-12)10-15(22)23/h3-6,9H,1-2,7-8,10H2,(H,17,21)(H,22,23). The Labute approximate surface area is 148 Å². The number of nitrogens with zero attached hydrogens (tertiary/aromatic N) is 3. The minimum absolute atomic E-state index is 0.0699. The summed E-state index contributed by atoms with van der Waals surface area (Å²) in [5, 5.41) is 19.6. The van der Waals surface area contributed by atoms with Gasteiger partial charge in [0.05, 0.1) is 12.7 Å². The Hall–Kier alpha value is -2.06. The molecule has 1 aromatic heterocycles. The van der Waals surface area contributed by atoms with Crippen molar-refractivity contribution in [2.24, 2.45) is 0 Å². The van der Waals surface area contributed by atoms with Gasteiger partial charge in [0.25, 0.3) is 0 Å². The summed E-state index contributed by atoms with van der Waals surface area (Å²) in [6.07, 6.45) is 2.68. The molecule has 0 fully saturated rings. The molecule has 0 atom stereocenters. The summed E-state index contributed by atoms with van der Waals surface area (Å²) in [6.45, 7) is -0.00829. The van der Waals surface area contributed by atoms with E-state index in [0.717, 1.165) is 17.1 Å². The van der Waals surface area contributed by atoms with Gasteiger partial charge in [-0.1, -0.05) is 16.8 Å². The first kappa shape index (κ1) is 18.3. The number of aromatic nitrogens is 3. The average Bonchev–Trinajstić information content (AvgIpc) is 2.98. The van der Waals surface area contributed by atoms with Crippen LogP contribution in [0.1, 0.15) is 18.5 Å². The molecule has 128 valence electrons. The lowest BCUT2D eigenvalue weighted by molar-refractivity contribution is -0.138. The topological polar surface area (TPSA) is 97.1 Å². The average molecular weight is 369 g/mol. The third-order valence-electron chi connectivity index (χ3n) is 2.98. The van der Waals surface area contributed by atoms with Gasteiger partial charge < -0.3 is 10.4 Å². The number of rotatable bonds is 9. The molecule has 1 aromatic carbocycles. The third-order valence-corrected chi connectivity index (χ3v) is 4.33. The van der Waals surface area contributed by atoms with Crippen molar-refractivity contribution in [3.8, 4) is 0 Å². The van der Waals surface area contributed by atoms with E-state index in [1.807, 2.05) is 24.3 Å². The number of carboxylic acids is 1. The van der Waals surface area contributed by atoms with E-state index in [0.29, 0.717) is 17.1 Å². The number of amides is 1. The number of carboxylic acid groups (broad SMARTS) is 1. The molecule has 7 nitrogen and oxygen atoms in total. The summed E-state index contributed by atoms with van der Waals surface area (Å²) >= 11 is 7.50. The molecular formula is C15H17ClN4O3S. The van der Waals surface area contributed by atoms with Crippen LogP contribution in [0.5, 0.6) is 0 Å². The number of hydrogen-bond acceptors (Lipinski definition) is 5. The van der Waals surface area contributed by atoms with E-state index in [4.69, 9.17) is 16.7 Å². The molecule has 0 saturated heterocycles. The first-order valence-corrected chi connectivity index (χ1v) is 8.65. The van der Waals surface area contributed by atoms with E-state index in [2.05, 4.69) is 15.6 Å². The van der Waals surface area contributed by atoms with E-state index in [1.165, 1.54) is 10.9 Å². The quantitative estimate of drug-likeness (QED) is 0.520. The van der Waals surface area contributed by atoms with Crippen LogP contribution in [-0.4, -0.2) is 37.7 Å². The van der Waals surface area contributed by atoms with Gasteiger partial charge in [-0.25, -0.2) is 4.68 Å². The van der Waals surface area contributed by atoms with Gasteiger partial charge in [0.2, 0.25) is 5.91 Å². The Kier molecular flexibility index (Phi) is 7.07. The molecule has 0 aliphatic heterocycles. The Morgan fingerprint density at radius 2 is 2.04 bits per heavy atom. The highest BCUT2D eigenvalue weighted by Gasteiger charge is 2.06. The molecule has 0 saturated carbocycles. The zero-order valence-corrected chi connectivity index (χ0v) is 14.4. The minimum atomic E-state index is -0.992. The third kappa shape index (κ3) is 6.59. The maximum atomic E-state index is 11.8. The minimum Gasteiger partial charge on any atom is -0.480 e. The van der Waals surface area contributed by atoms with Gasteiger partial charge in [-0.05, 0) is 36.4 Å². The van der Waals surface area contributed by atoms with Crippen LogP contribution in [0.4, 0.5) is 0 Å². The molecule has 0 aliphatic carbocycles. The van der Waals surface area contributed by atoms with Gasteiger partial charge in [-0.15, -0.1) is 16.9 Å². The van der Waals surface area contributed by atoms with Crippen LogP contribution in [0.2, 0.25) is 5.02 Å². The molecule has 0 unspecified atom stereocenters. The predicted octanol–water partition coefficient (Wildman–Crippen LogP) is 2.20. The number of benzene rings is 1. The summed E-state index contributed by atoms with van der Waals surface area (Å²) in [5.41, 5.74) is 0.528. The van der Waals surface area contributed by atoms with Crippen molar-refractivity contribution in [2.45, 2.75) is 30.8 Å². The first-order valence-electron chi connectivity index (χ1n) is 7.29. The molecule has 2 N–H and O–H groups in total. The summed E-state index contributed by atoms with van der Waals surface area (Å²) in [6, 6.07) is 7.59. The number of aliphatic carboxylic acids is 1. The monoisotopic (exact) mass is 368 g/mol. The number of carbonyl (C=O) groups is 2. The maximum Gasteiger partial charge on any atom is 0.325 e. The second-order valence-corrected chi connectivity index (χ2v) is 6.59. The number of carbonyl (C=O) groups excluding carboxylic acids is 1. The zero-order chi connectivity index (χ0) is 17.4. The largest absolute Gasteiger partial charge is 0.480 e. The highest BCUT2D eigenvalue weighted by molar-refractivity contribution is 7.99. The SMILES string of the molecule is O=C(O)Cn1cc(CNC(=O)CCCSc2ccc(Cl)cc2)nn1. The molecule has 2 aromatic rings. The molecule has 0 bridgehead atoms. The fourth-order valence-corrected chi connectivity index (χ4v) is 2.85. The Balaban J connectivity index is 1.62. The van der Waals surface area contributed by atoms with Crippen LogP contribution in [0.25, 0.3) is 0 Å². The number of hydrogen-bond donors (Lipinski definition) is 2. The van der Waals surface area contributed by atoms with Crippen LogP contribution in [-0.2, 0) is 22.7 Å². The van der Waals surface area contributed by atoms with Crippen molar-refractivity contribution in [3.05, 3.63) is 41.2 Å². The molecule has 9 heteroatoms. The zero-order valence-electron chi connectivity index (χ0n) is 12.8. The summed E-state index contributed by atoms with van der Waals surface area (Å²) in [5.74, 6) is -0.225. The van der Waals surface area contributed by atoms with Gasteiger partial charge in [0, 0.05) is 16.3 Å². The van der Waals surface area contributed by atoms with Gasteiger partial charge in [0.1, 0.15) is 12.2 Å². The van der Waals surface area contributed by atoms with Gasteiger partial charge in [-0.3, -0.25) is 9.59 Å². The lowest BCUT2D eigenvalue weighted by Gasteiger charge is -2.03. The number of thioether (sulfide) groups is 1. The summed E-state index contributed by atoms with van der Waals surface area (Å²) in [4.78, 5) is 23.4. The molecular weight excluding hydrogens is 352 g/mol. The number of halogens is 1. The molecule has 24 heavy (non-hydrogen) atoms. The fourth-order valence-electron chi connectivity index (χ4n) is 1.87. The Morgan fingerprint density at radius 1 is 1.29 bits per heavy atom. The maximum absolute atomic E-state index is 11.8. The van der Waals surface area contributed by atoms with E-state index in [9.17, 15) is 9.59 Å². The van der Waals surface area contributed by atoms with E-state index in [1.54, 1.807) is 11.8 Å². The lowest BCUT2D eigenvalue weighted by Crippen LogP contribution is -2.22. The molecule has 1 amide bonds. The highest BCUT2D eigenvalue weighted by Crippen LogP contribution is 2.21. The van der Waals surface area contributed by atoms with E-state index >= 15 is 0 Å². The Bertz CT molecular complexity index is 690. The normalized spacial score (nSPS) is 10.5. The van der Waals surface area contributed by atoms with Gasteiger partial charge in [-0.2, -0.15) is 0 Å². The molecule has 2 rings (SSSR count). The predicted molar refractivity (Wildman–Crippen MR) is 90.9 cm³/mol. The summed E-state index contributed by atoms with van der Waals surface area (Å²) in [7, 11) is 0. The summed E-state index contributed by atoms with van der Waals surface area (Å²) < 4.78 is 1.21. The van der Waals surface area contributed by atoms with Gasteiger partial charge in [0.15, 0.2) is 0 Å². The molecule has 0 spiro atoms. The van der Waals surface area contributed by atoms with Crippen LogP contribution in [0.15, 0.2) is 35.4 Å². The van der Waals surface area contributed by atoms with E-state index < -0.39 is 5.97 Å². The molecule has 0 aliphatic rings. The van der Waals surface area contributed by atoms with E-state index in [-0.39, 0.29) is 19.0 Å². The van der Waals surface area contributed by atoms with Crippen LogP contribution >= 0.6 is 23.4 Å². The second-order valence-electron chi connectivity index (χ2n) is 4.98. The van der Waals surface area contributed by atoms with Crippen molar-refractivity contribution in [1.82, 2.24) is 20.3 Å². The fraction of sp³-hybridized carbons (Fsp3) is 0.333. The smallest absolute Gasteiger partial charge is 0.325 e. The molecule has 0 radical (unpaired) electrons. The van der Waals surface area contributed by atoms with Crippen LogP contribution in [0.3, 0.4) is 0 Å². The highest BCUT2D eigenvalue weighted by atomic mass is 35.5. The lowest BCUT2D eigenvalue weighted by atomic mass is 10.3.